The third kappa shape index (κ3) is 5.70. The van der Waals surface area contributed by atoms with Gasteiger partial charge >= 0.3 is 0 Å². The first-order valence-corrected chi connectivity index (χ1v) is 8.78. The zero-order valence-corrected chi connectivity index (χ0v) is 15.6. The molecule has 1 aromatic carbocycles. The van der Waals surface area contributed by atoms with Gasteiger partial charge in [-0.3, -0.25) is 4.79 Å². The molecular formula is C17H24N4O3S. The van der Waals surface area contributed by atoms with E-state index in [1.54, 1.807) is 12.5 Å². The molecule has 1 aromatic heterocycles. The number of hydrogen-bond acceptors (Lipinski definition) is 7. The van der Waals surface area contributed by atoms with E-state index in [1.165, 1.54) is 11.3 Å². The van der Waals surface area contributed by atoms with Crippen molar-refractivity contribution in [3.05, 3.63) is 39.8 Å². The van der Waals surface area contributed by atoms with Gasteiger partial charge in [-0.1, -0.05) is 6.07 Å². The largest absolute Gasteiger partial charge is 0.493 e. The summed E-state index contributed by atoms with van der Waals surface area (Å²) in [5.41, 5.74) is 6.82. The highest BCUT2D eigenvalue weighted by molar-refractivity contribution is 7.09. The maximum absolute atomic E-state index is 12.1. The standard InChI is InChI=1S/C17H24N4O3S/c1-21(2)6-7-24-14-5-4-12(8-15(14)23-3)10-19-17(22)13-11-25-16(9-18)20-13/h4-5,8,11H,6-7,9-10,18H2,1-3H3,(H,19,22). The predicted molar refractivity (Wildman–Crippen MR) is 98.2 cm³/mol. The van der Waals surface area contributed by atoms with Crippen LogP contribution in [0.1, 0.15) is 21.1 Å². The van der Waals surface area contributed by atoms with Crippen molar-refractivity contribution in [3.63, 3.8) is 0 Å². The molecule has 0 bridgehead atoms. The van der Waals surface area contributed by atoms with Crippen LogP contribution in [0, 0.1) is 0 Å². The summed E-state index contributed by atoms with van der Waals surface area (Å²) in [6.45, 7) is 2.11. The van der Waals surface area contributed by atoms with Gasteiger partial charge in [-0.15, -0.1) is 11.3 Å². The predicted octanol–water partition coefficient (Wildman–Crippen LogP) is 1.48. The fourth-order valence-electron chi connectivity index (χ4n) is 2.06. The maximum atomic E-state index is 12.1. The highest BCUT2D eigenvalue weighted by Crippen LogP contribution is 2.28. The minimum Gasteiger partial charge on any atom is -0.493 e. The van der Waals surface area contributed by atoms with E-state index in [2.05, 4.69) is 10.3 Å². The summed E-state index contributed by atoms with van der Waals surface area (Å²) in [7, 11) is 5.58. The molecule has 136 valence electrons. The average Bonchev–Trinajstić information content (AvgIpc) is 3.09. The first-order valence-electron chi connectivity index (χ1n) is 7.90. The number of rotatable bonds is 9. The molecule has 3 N–H and O–H groups in total. The van der Waals surface area contributed by atoms with Crippen LogP contribution in [-0.4, -0.2) is 50.1 Å². The zero-order valence-electron chi connectivity index (χ0n) is 14.7. The fourth-order valence-corrected chi connectivity index (χ4v) is 2.72. The molecule has 0 aliphatic rings. The molecule has 0 aliphatic heterocycles. The van der Waals surface area contributed by atoms with Crippen LogP contribution in [0.2, 0.25) is 0 Å². The summed E-state index contributed by atoms with van der Waals surface area (Å²) in [5, 5.41) is 5.29. The van der Waals surface area contributed by atoms with Crippen molar-refractivity contribution >= 4 is 17.2 Å². The lowest BCUT2D eigenvalue weighted by molar-refractivity contribution is 0.0946. The van der Waals surface area contributed by atoms with Crippen molar-refractivity contribution < 1.29 is 14.3 Å². The quantitative estimate of drug-likeness (QED) is 0.701. The van der Waals surface area contributed by atoms with Gasteiger partial charge in [-0.05, 0) is 31.8 Å². The lowest BCUT2D eigenvalue weighted by Gasteiger charge is -2.14. The normalized spacial score (nSPS) is 10.8. The number of aromatic nitrogens is 1. The van der Waals surface area contributed by atoms with Crippen molar-refractivity contribution in [1.29, 1.82) is 0 Å². The molecule has 0 unspecified atom stereocenters. The van der Waals surface area contributed by atoms with Crippen LogP contribution < -0.4 is 20.5 Å². The van der Waals surface area contributed by atoms with E-state index in [0.29, 0.717) is 36.9 Å². The number of nitrogens with zero attached hydrogens (tertiary/aromatic N) is 2. The van der Waals surface area contributed by atoms with Gasteiger partial charge < -0.3 is 25.4 Å². The molecule has 2 rings (SSSR count). The Hall–Kier alpha value is -2.16. The molecule has 0 aliphatic carbocycles. The van der Waals surface area contributed by atoms with Crippen LogP contribution in [0.4, 0.5) is 0 Å². The summed E-state index contributed by atoms with van der Waals surface area (Å²) in [6, 6.07) is 5.61. The van der Waals surface area contributed by atoms with Gasteiger partial charge in [0.2, 0.25) is 0 Å². The molecule has 0 saturated heterocycles. The van der Waals surface area contributed by atoms with E-state index >= 15 is 0 Å². The highest BCUT2D eigenvalue weighted by Gasteiger charge is 2.11. The summed E-state index contributed by atoms with van der Waals surface area (Å²) >= 11 is 1.38. The third-order valence-electron chi connectivity index (χ3n) is 3.44. The molecule has 0 atom stereocenters. The lowest BCUT2D eigenvalue weighted by Crippen LogP contribution is -2.23. The van der Waals surface area contributed by atoms with E-state index < -0.39 is 0 Å². The summed E-state index contributed by atoms with van der Waals surface area (Å²) in [6.07, 6.45) is 0. The first kappa shape index (κ1) is 19.2. The van der Waals surface area contributed by atoms with Crippen molar-refractivity contribution in [1.82, 2.24) is 15.2 Å². The number of likely N-dealkylation sites (N-methyl/N-ethyl adjacent to an activating group) is 1. The Bertz CT molecular complexity index is 703. The Balaban J connectivity index is 1.94. The lowest BCUT2D eigenvalue weighted by atomic mass is 10.2. The number of carbonyl (C=O) groups excluding carboxylic acids is 1. The van der Waals surface area contributed by atoms with Gasteiger partial charge in [-0.2, -0.15) is 0 Å². The summed E-state index contributed by atoms with van der Waals surface area (Å²) in [4.78, 5) is 18.3. The van der Waals surface area contributed by atoms with Crippen LogP contribution in [0.25, 0.3) is 0 Å². The van der Waals surface area contributed by atoms with Crippen LogP contribution in [0.5, 0.6) is 11.5 Å². The molecule has 7 nitrogen and oxygen atoms in total. The number of hydrogen-bond donors (Lipinski definition) is 2. The van der Waals surface area contributed by atoms with Crippen LogP contribution in [-0.2, 0) is 13.1 Å². The van der Waals surface area contributed by atoms with Gasteiger partial charge in [0.15, 0.2) is 11.5 Å². The molecule has 0 spiro atoms. The van der Waals surface area contributed by atoms with E-state index in [-0.39, 0.29) is 5.91 Å². The number of nitrogens with two attached hydrogens (primary N) is 1. The Morgan fingerprint density at radius 2 is 2.16 bits per heavy atom. The number of benzene rings is 1. The van der Waals surface area contributed by atoms with E-state index in [1.807, 2.05) is 37.2 Å². The zero-order chi connectivity index (χ0) is 18.2. The van der Waals surface area contributed by atoms with Crippen LogP contribution in [0.15, 0.2) is 23.6 Å². The molecule has 0 saturated carbocycles. The van der Waals surface area contributed by atoms with Crippen molar-refractivity contribution in [2.45, 2.75) is 13.1 Å². The fraction of sp³-hybridized carbons (Fsp3) is 0.412. The van der Waals surface area contributed by atoms with E-state index in [0.717, 1.165) is 17.1 Å². The van der Waals surface area contributed by atoms with Gasteiger partial charge in [0, 0.05) is 25.0 Å². The molecule has 2 aromatic rings. The maximum Gasteiger partial charge on any atom is 0.271 e. The minimum absolute atomic E-state index is 0.221. The van der Waals surface area contributed by atoms with Crippen LogP contribution >= 0.6 is 11.3 Å². The third-order valence-corrected chi connectivity index (χ3v) is 4.31. The molecule has 1 amide bonds. The number of nitrogens with one attached hydrogen (secondary N) is 1. The number of amides is 1. The van der Waals surface area contributed by atoms with E-state index in [4.69, 9.17) is 15.2 Å². The number of carbonyl (C=O) groups is 1. The smallest absolute Gasteiger partial charge is 0.271 e. The second-order valence-electron chi connectivity index (χ2n) is 5.65. The number of thiazole rings is 1. The second kappa shape index (κ2) is 9.36. The summed E-state index contributed by atoms with van der Waals surface area (Å²) in [5.74, 6) is 1.11. The number of ether oxygens (including phenoxy) is 2. The monoisotopic (exact) mass is 364 g/mol. The number of methoxy groups -OCH3 is 1. The first-order chi connectivity index (χ1) is 12.0. The topological polar surface area (TPSA) is 89.7 Å². The molecule has 0 radical (unpaired) electrons. The Kier molecular flexibility index (Phi) is 7.17. The highest BCUT2D eigenvalue weighted by atomic mass is 32.1. The van der Waals surface area contributed by atoms with Gasteiger partial charge in [0.25, 0.3) is 5.91 Å². The van der Waals surface area contributed by atoms with E-state index in [9.17, 15) is 4.79 Å². The SMILES string of the molecule is COc1cc(CNC(=O)c2csc(CN)n2)ccc1OCCN(C)C. The van der Waals surface area contributed by atoms with Crippen LogP contribution in [0.3, 0.4) is 0 Å². The van der Waals surface area contributed by atoms with Gasteiger partial charge in [0.1, 0.15) is 17.3 Å². The van der Waals surface area contributed by atoms with Crippen molar-refractivity contribution in [2.24, 2.45) is 5.73 Å². The molecule has 0 fully saturated rings. The van der Waals surface area contributed by atoms with Gasteiger partial charge in [-0.25, -0.2) is 4.98 Å². The molecular weight excluding hydrogens is 340 g/mol. The Morgan fingerprint density at radius 3 is 2.80 bits per heavy atom. The molecule has 25 heavy (non-hydrogen) atoms. The van der Waals surface area contributed by atoms with Crippen molar-refractivity contribution in [3.8, 4) is 11.5 Å². The molecule has 1 heterocycles. The molecule has 8 heteroatoms. The Morgan fingerprint density at radius 1 is 1.36 bits per heavy atom. The average molecular weight is 364 g/mol. The summed E-state index contributed by atoms with van der Waals surface area (Å²) < 4.78 is 11.1. The van der Waals surface area contributed by atoms with Gasteiger partial charge in [0.05, 0.1) is 7.11 Å². The Labute approximate surface area is 151 Å². The minimum atomic E-state index is -0.221. The van der Waals surface area contributed by atoms with Crippen molar-refractivity contribution in [2.75, 3.05) is 34.4 Å². The second-order valence-corrected chi connectivity index (χ2v) is 6.59.